The van der Waals surface area contributed by atoms with Gasteiger partial charge in [0.25, 0.3) is 0 Å². The normalized spacial score (nSPS) is 16.4. The number of rotatable bonds is 5. The topological polar surface area (TPSA) is 15.7 Å². The molecule has 1 saturated heterocycles. The van der Waals surface area contributed by atoms with Gasteiger partial charge in [-0.1, -0.05) is 35.9 Å². The molecular weight excluding hydrogens is 308 g/mol. The fraction of sp³-hybridized carbons (Fsp3) is 0.368. The third kappa shape index (κ3) is 4.71. The Kier molecular flexibility index (Phi) is 5.55. The minimum Gasteiger partial charge on any atom is -0.497 e. The summed E-state index contributed by atoms with van der Waals surface area (Å²) < 4.78 is 5.21. The van der Waals surface area contributed by atoms with Crippen molar-refractivity contribution in [3.63, 3.8) is 0 Å². The Balaban J connectivity index is 1.48. The van der Waals surface area contributed by atoms with E-state index < -0.39 is 0 Å². The van der Waals surface area contributed by atoms with Crippen molar-refractivity contribution >= 4 is 11.6 Å². The minimum absolute atomic E-state index is 0.820. The molecule has 0 aromatic heterocycles. The van der Waals surface area contributed by atoms with Gasteiger partial charge in [-0.25, -0.2) is 0 Å². The molecule has 0 spiro atoms. The van der Waals surface area contributed by atoms with Crippen LogP contribution in [0.25, 0.3) is 0 Å². The lowest BCUT2D eigenvalue weighted by atomic mass is 10.1. The van der Waals surface area contributed by atoms with Gasteiger partial charge in [0.15, 0.2) is 0 Å². The standard InChI is InChI=1S/C19H23ClN2O/c1-23-19-7-5-16(6-8-19)14-21-9-11-22(12-10-21)15-17-3-2-4-18(20)13-17/h2-8,13H,9-12,14-15H2,1H3. The zero-order valence-corrected chi connectivity index (χ0v) is 14.3. The minimum atomic E-state index is 0.820. The lowest BCUT2D eigenvalue weighted by Gasteiger charge is -2.34. The van der Waals surface area contributed by atoms with Crippen molar-refractivity contribution in [2.24, 2.45) is 0 Å². The molecule has 3 rings (SSSR count). The molecular formula is C19H23ClN2O. The second-order valence-corrected chi connectivity index (χ2v) is 6.47. The molecule has 1 aliphatic heterocycles. The van der Waals surface area contributed by atoms with Crippen molar-refractivity contribution in [3.8, 4) is 5.75 Å². The Bertz CT molecular complexity index is 622. The average molecular weight is 331 g/mol. The van der Waals surface area contributed by atoms with E-state index in [1.807, 2.05) is 24.3 Å². The molecule has 1 heterocycles. The van der Waals surface area contributed by atoms with Gasteiger partial charge in [-0.05, 0) is 35.4 Å². The predicted molar refractivity (Wildman–Crippen MR) is 95.0 cm³/mol. The van der Waals surface area contributed by atoms with Gasteiger partial charge in [-0.3, -0.25) is 9.80 Å². The highest BCUT2D eigenvalue weighted by Crippen LogP contribution is 2.16. The van der Waals surface area contributed by atoms with Crippen LogP contribution in [0.15, 0.2) is 48.5 Å². The van der Waals surface area contributed by atoms with Gasteiger partial charge in [-0.2, -0.15) is 0 Å². The lowest BCUT2D eigenvalue weighted by Crippen LogP contribution is -2.45. The smallest absolute Gasteiger partial charge is 0.118 e. The van der Waals surface area contributed by atoms with Crippen LogP contribution in [0.5, 0.6) is 5.75 Å². The third-order valence-corrected chi connectivity index (χ3v) is 4.56. The number of nitrogens with zero attached hydrogens (tertiary/aromatic N) is 2. The van der Waals surface area contributed by atoms with E-state index in [0.717, 1.165) is 50.0 Å². The molecule has 0 saturated carbocycles. The van der Waals surface area contributed by atoms with Crippen molar-refractivity contribution in [2.75, 3.05) is 33.3 Å². The summed E-state index contributed by atoms with van der Waals surface area (Å²) in [5.41, 5.74) is 2.63. The summed E-state index contributed by atoms with van der Waals surface area (Å²) in [7, 11) is 1.70. The van der Waals surface area contributed by atoms with Crippen LogP contribution in [0.4, 0.5) is 0 Å². The van der Waals surface area contributed by atoms with E-state index in [-0.39, 0.29) is 0 Å². The van der Waals surface area contributed by atoms with Gasteiger partial charge >= 0.3 is 0 Å². The van der Waals surface area contributed by atoms with Crippen LogP contribution in [0.3, 0.4) is 0 Å². The Labute approximate surface area is 143 Å². The molecule has 122 valence electrons. The summed E-state index contributed by atoms with van der Waals surface area (Å²) in [6.07, 6.45) is 0. The van der Waals surface area contributed by atoms with E-state index in [9.17, 15) is 0 Å². The van der Waals surface area contributed by atoms with Gasteiger partial charge in [0.2, 0.25) is 0 Å². The van der Waals surface area contributed by atoms with Crippen molar-refractivity contribution in [3.05, 3.63) is 64.7 Å². The molecule has 2 aromatic rings. The number of piperazine rings is 1. The molecule has 0 aliphatic carbocycles. The number of methoxy groups -OCH3 is 1. The summed E-state index contributed by atoms with van der Waals surface area (Å²) >= 11 is 6.06. The molecule has 4 heteroatoms. The summed E-state index contributed by atoms with van der Waals surface area (Å²) in [4.78, 5) is 5.01. The largest absolute Gasteiger partial charge is 0.497 e. The van der Waals surface area contributed by atoms with E-state index in [2.05, 4.69) is 34.1 Å². The van der Waals surface area contributed by atoms with E-state index in [1.54, 1.807) is 7.11 Å². The first-order valence-electron chi connectivity index (χ1n) is 8.05. The third-order valence-electron chi connectivity index (χ3n) is 4.33. The molecule has 0 unspecified atom stereocenters. The van der Waals surface area contributed by atoms with E-state index in [0.29, 0.717) is 0 Å². The number of hydrogen-bond acceptors (Lipinski definition) is 3. The predicted octanol–water partition coefficient (Wildman–Crippen LogP) is 3.67. The molecule has 0 radical (unpaired) electrons. The number of benzene rings is 2. The highest BCUT2D eigenvalue weighted by Gasteiger charge is 2.17. The number of halogens is 1. The SMILES string of the molecule is COc1ccc(CN2CCN(Cc3cccc(Cl)c3)CC2)cc1. The second-order valence-electron chi connectivity index (χ2n) is 6.03. The van der Waals surface area contributed by atoms with Gasteiger partial charge in [0.05, 0.1) is 7.11 Å². The van der Waals surface area contributed by atoms with E-state index >= 15 is 0 Å². The Morgan fingerprint density at radius 2 is 1.48 bits per heavy atom. The first-order chi connectivity index (χ1) is 11.2. The van der Waals surface area contributed by atoms with Crippen LogP contribution in [0.2, 0.25) is 5.02 Å². The van der Waals surface area contributed by atoms with Crippen LogP contribution in [0, 0.1) is 0 Å². The summed E-state index contributed by atoms with van der Waals surface area (Å²) in [5.74, 6) is 0.917. The van der Waals surface area contributed by atoms with Gasteiger partial charge < -0.3 is 4.74 Å². The summed E-state index contributed by atoms with van der Waals surface area (Å²) in [6.45, 7) is 6.40. The van der Waals surface area contributed by atoms with Gasteiger partial charge in [0, 0.05) is 44.3 Å². The van der Waals surface area contributed by atoms with Gasteiger partial charge in [-0.15, -0.1) is 0 Å². The zero-order valence-electron chi connectivity index (χ0n) is 13.5. The Hall–Kier alpha value is -1.55. The molecule has 0 bridgehead atoms. The van der Waals surface area contributed by atoms with E-state index in [4.69, 9.17) is 16.3 Å². The maximum atomic E-state index is 6.06. The molecule has 3 nitrogen and oxygen atoms in total. The monoisotopic (exact) mass is 330 g/mol. The van der Waals surface area contributed by atoms with Crippen molar-refractivity contribution < 1.29 is 4.74 Å². The zero-order chi connectivity index (χ0) is 16.1. The average Bonchev–Trinajstić information content (AvgIpc) is 2.57. The molecule has 2 aromatic carbocycles. The fourth-order valence-electron chi connectivity index (χ4n) is 2.99. The fourth-order valence-corrected chi connectivity index (χ4v) is 3.20. The first-order valence-corrected chi connectivity index (χ1v) is 8.43. The molecule has 1 fully saturated rings. The number of hydrogen-bond donors (Lipinski definition) is 0. The first kappa shape index (κ1) is 16.3. The molecule has 0 amide bonds. The van der Waals surface area contributed by atoms with Crippen molar-refractivity contribution in [2.45, 2.75) is 13.1 Å². The highest BCUT2D eigenvalue weighted by molar-refractivity contribution is 6.30. The van der Waals surface area contributed by atoms with Crippen molar-refractivity contribution in [1.29, 1.82) is 0 Å². The van der Waals surface area contributed by atoms with Crippen LogP contribution in [-0.4, -0.2) is 43.1 Å². The molecule has 1 aliphatic rings. The van der Waals surface area contributed by atoms with Crippen LogP contribution in [-0.2, 0) is 13.1 Å². The lowest BCUT2D eigenvalue weighted by molar-refractivity contribution is 0.122. The Morgan fingerprint density at radius 3 is 2.04 bits per heavy atom. The quantitative estimate of drug-likeness (QED) is 0.832. The van der Waals surface area contributed by atoms with Crippen LogP contribution < -0.4 is 4.74 Å². The maximum Gasteiger partial charge on any atom is 0.118 e. The molecule has 0 N–H and O–H groups in total. The summed E-state index contributed by atoms with van der Waals surface area (Å²) in [5, 5.41) is 0.820. The maximum absolute atomic E-state index is 6.06. The summed E-state index contributed by atoms with van der Waals surface area (Å²) in [6, 6.07) is 16.5. The van der Waals surface area contributed by atoms with E-state index in [1.165, 1.54) is 11.1 Å². The molecule has 0 atom stereocenters. The highest BCUT2D eigenvalue weighted by atomic mass is 35.5. The van der Waals surface area contributed by atoms with Gasteiger partial charge in [0.1, 0.15) is 5.75 Å². The van der Waals surface area contributed by atoms with Crippen LogP contribution in [0.1, 0.15) is 11.1 Å². The van der Waals surface area contributed by atoms with Crippen LogP contribution >= 0.6 is 11.6 Å². The number of ether oxygens (including phenoxy) is 1. The second kappa shape index (κ2) is 7.82. The van der Waals surface area contributed by atoms with Crippen molar-refractivity contribution in [1.82, 2.24) is 9.80 Å². The Morgan fingerprint density at radius 1 is 0.870 bits per heavy atom. The molecule has 23 heavy (non-hydrogen) atoms.